The third-order valence-electron chi connectivity index (χ3n) is 3.63. The van der Waals surface area contributed by atoms with Gasteiger partial charge in [-0.3, -0.25) is 9.59 Å². The molecular weight excluding hydrogens is 240 g/mol. The quantitative estimate of drug-likeness (QED) is 0.618. The summed E-state index contributed by atoms with van der Waals surface area (Å²) in [7, 11) is 0. The first kappa shape index (κ1) is 13.8. The molecule has 1 heterocycles. The lowest BCUT2D eigenvalue weighted by atomic mass is 10.0. The van der Waals surface area contributed by atoms with Crippen molar-refractivity contribution >= 4 is 11.8 Å². The number of nitrogens with zero attached hydrogens (tertiary/aromatic N) is 1. The molecule has 2 amide bonds. The Balaban J connectivity index is 1.70. The number of hydrogen-bond acceptors (Lipinski definition) is 2. The first-order valence-electron chi connectivity index (χ1n) is 7.09. The molecule has 0 unspecified atom stereocenters. The lowest BCUT2D eigenvalue weighted by molar-refractivity contribution is -0.133. The van der Waals surface area contributed by atoms with Crippen molar-refractivity contribution in [1.82, 2.24) is 10.2 Å². The second-order valence-corrected chi connectivity index (χ2v) is 5.27. The highest BCUT2D eigenvalue weighted by Gasteiger charge is 2.34. The molecule has 0 spiro atoms. The first-order chi connectivity index (χ1) is 9.20. The van der Waals surface area contributed by atoms with E-state index in [0.29, 0.717) is 11.8 Å². The van der Waals surface area contributed by atoms with E-state index in [9.17, 15) is 9.59 Å². The molecule has 19 heavy (non-hydrogen) atoms. The van der Waals surface area contributed by atoms with Gasteiger partial charge in [0, 0.05) is 31.1 Å². The standard InChI is InChI=1S/C15H22N2O2/c1-2-3-4-5-14(18)16-13-8-10-17(11-9-13)15(19)12-6-7-12/h2-5,12-13H,6-11H2,1H3,(H,16,18). The van der Waals surface area contributed by atoms with Crippen LogP contribution in [0.1, 0.15) is 32.6 Å². The Kier molecular flexibility index (Phi) is 4.77. The third-order valence-corrected chi connectivity index (χ3v) is 3.63. The summed E-state index contributed by atoms with van der Waals surface area (Å²) in [5.74, 6) is 0.567. The number of nitrogens with one attached hydrogen (secondary N) is 1. The minimum absolute atomic E-state index is 0.0509. The number of rotatable bonds is 4. The van der Waals surface area contributed by atoms with Gasteiger partial charge in [0.2, 0.25) is 11.8 Å². The Hall–Kier alpha value is -1.58. The van der Waals surface area contributed by atoms with Crippen LogP contribution in [0.3, 0.4) is 0 Å². The lowest BCUT2D eigenvalue weighted by Gasteiger charge is -2.32. The van der Waals surface area contributed by atoms with Gasteiger partial charge in [-0.15, -0.1) is 0 Å². The fraction of sp³-hybridized carbons (Fsp3) is 0.600. The van der Waals surface area contributed by atoms with E-state index < -0.39 is 0 Å². The predicted octanol–water partition coefficient (Wildman–Crippen LogP) is 1.64. The summed E-state index contributed by atoms with van der Waals surface area (Å²) in [5, 5.41) is 2.98. The molecule has 2 fully saturated rings. The summed E-state index contributed by atoms with van der Waals surface area (Å²) in [6.07, 6.45) is 10.8. The van der Waals surface area contributed by atoms with Crippen molar-refractivity contribution in [3.05, 3.63) is 24.3 Å². The van der Waals surface area contributed by atoms with E-state index in [-0.39, 0.29) is 11.9 Å². The van der Waals surface area contributed by atoms with Crippen molar-refractivity contribution in [2.45, 2.75) is 38.6 Å². The largest absolute Gasteiger partial charge is 0.350 e. The highest BCUT2D eigenvalue weighted by atomic mass is 16.2. The van der Waals surface area contributed by atoms with Crippen LogP contribution < -0.4 is 5.32 Å². The second kappa shape index (κ2) is 6.55. The van der Waals surface area contributed by atoms with Crippen molar-refractivity contribution in [3.8, 4) is 0 Å². The summed E-state index contributed by atoms with van der Waals surface area (Å²) in [6.45, 7) is 3.46. The number of allylic oxidation sites excluding steroid dienone is 3. The molecule has 2 rings (SSSR count). The Morgan fingerprint density at radius 2 is 1.79 bits per heavy atom. The molecule has 0 radical (unpaired) electrons. The minimum Gasteiger partial charge on any atom is -0.350 e. The highest BCUT2D eigenvalue weighted by Crippen LogP contribution is 2.31. The molecule has 4 nitrogen and oxygen atoms in total. The number of likely N-dealkylation sites (tertiary alicyclic amines) is 1. The molecular formula is C15H22N2O2. The van der Waals surface area contributed by atoms with Crippen molar-refractivity contribution in [2.75, 3.05) is 13.1 Å². The Labute approximate surface area is 114 Å². The Morgan fingerprint density at radius 1 is 1.11 bits per heavy atom. The fourth-order valence-corrected chi connectivity index (χ4v) is 2.34. The Morgan fingerprint density at radius 3 is 2.37 bits per heavy atom. The average Bonchev–Trinajstić information content (AvgIpc) is 3.23. The molecule has 0 aromatic carbocycles. The lowest BCUT2D eigenvalue weighted by Crippen LogP contribution is -2.46. The third kappa shape index (κ3) is 4.23. The number of carbonyl (C=O) groups is 2. The van der Waals surface area contributed by atoms with Gasteiger partial charge >= 0.3 is 0 Å². The zero-order valence-corrected chi connectivity index (χ0v) is 11.5. The van der Waals surface area contributed by atoms with Crippen molar-refractivity contribution in [3.63, 3.8) is 0 Å². The van der Waals surface area contributed by atoms with Gasteiger partial charge in [0.1, 0.15) is 0 Å². The second-order valence-electron chi connectivity index (χ2n) is 5.27. The van der Waals surface area contributed by atoms with Gasteiger partial charge in [0.05, 0.1) is 0 Å². The average molecular weight is 262 g/mol. The van der Waals surface area contributed by atoms with Crippen LogP contribution in [0.4, 0.5) is 0 Å². The molecule has 0 aromatic rings. The van der Waals surface area contributed by atoms with Gasteiger partial charge in [-0.05, 0) is 32.6 Å². The Bertz CT molecular complexity index is 389. The molecule has 0 aromatic heterocycles. The molecule has 0 atom stereocenters. The summed E-state index contributed by atoms with van der Waals surface area (Å²) in [6, 6.07) is 0.200. The van der Waals surface area contributed by atoms with Gasteiger partial charge in [0.15, 0.2) is 0 Å². The van der Waals surface area contributed by atoms with Crippen LogP contribution >= 0.6 is 0 Å². The van der Waals surface area contributed by atoms with Gasteiger partial charge in [0.25, 0.3) is 0 Å². The van der Waals surface area contributed by atoms with Crippen LogP contribution in [0.2, 0.25) is 0 Å². The normalized spacial score (nSPS) is 21.2. The van der Waals surface area contributed by atoms with E-state index in [1.807, 2.05) is 24.0 Å². The molecule has 1 aliphatic carbocycles. The first-order valence-corrected chi connectivity index (χ1v) is 7.09. The van der Waals surface area contributed by atoms with E-state index in [2.05, 4.69) is 5.32 Å². The van der Waals surface area contributed by atoms with Crippen LogP contribution in [0, 0.1) is 5.92 Å². The monoisotopic (exact) mass is 262 g/mol. The smallest absolute Gasteiger partial charge is 0.244 e. The number of carbonyl (C=O) groups excluding carboxylic acids is 2. The highest BCUT2D eigenvalue weighted by molar-refractivity contribution is 5.88. The van der Waals surface area contributed by atoms with Crippen molar-refractivity contribution in [2.24, 2.45) is 5.92 Å². The summed E-state index contributed by atoms with van der Waals surface area (Å²) in [4.78, 5) is 25.4. The maximum atomic E-state index is 11.9. The maximum absolute atomic E-state index is 11.9. The fourth-order valence-electron chi connectivity index (χ4n) is 2.34. The molecule has 2 aliphatic rings. The zero-order chi connectivity index (χ0) is 13.7. The molecule has 0 bridgehead atoms. The van der Waals surface area contributed by atoms with E-state index in [1.165, 1.54) is 0 Å². The topological polar surface area (TPSA) is 49.4 Å². The van der Waals surface area contributed by atoms with Gasteiger partial charge in [-0.2, -0.15) is 0 Å². The van der Waals surface area contributed by atoms with Crippen LogP contribution in [0.15, 0.2) is 24.3 Å². The zero-order valence-electron chi connectivity index (χ0n) is 11.5. The number of amides is 2. The van der Waals surface area contributed by atoms with E-state index in [4.69, 9.17) is 0 Å². The molecule has 1 N–H and O–H groups in total. The molecule has 104 valence electrons. The summed E-state index contributed by atoms with van der Waals surface area (Å²) in [5.41, 5.74) is 0. The maximum Gasteiger partial charge on any atom is 0.244 e. The van der Waals surface area contributed by atoms with Gasteiger partial charge in [-0.25, -0.2) is 0 Å². The number of hydrogen-bond donors (Lipinski definition) is 1. The predicted molar refractivity (Wildman–Crippen MR) is 74.4 cm³/mol. The molecule has 1 saturated carbocycles. The van der Waals surface area contributed by atoms with E-state index in [0.717, 1.165) is 38.8 Å². The van der Waals surface area contributed by atoms with Crippen LogP contribution in [-0.2, 0) is 9.59 Å². The molecule has 1 aliphatic heterocycles. The van der Waals surface area contributed by atoms with Crippen LogP contribution in [0.5, 0.6) is 0 Å². The van der Waals surface area contributed by atoms with Crippen LogP contribution in [0.25, 0.3) is 0 Å². The van der Waals surface area contributed by atoms with Crippen molar-refractivity contribution in [1.29, 1.82) is 0 Å². The van der Waals surface area contributed by atoms with Crippen LogP contribution in [-0.4, -0.2) is 35.8 Å². The van der Waals surface area contributed by atoms with Crippen molar-refractivity contribution < 1.29 is 9.59 Å². The minimum atomic E-state index is -0.0509. The van der Waals surface area contributed by atoms with Gasteiger partial charge < -0.3 is 10.2 Å². The van der Waals surface area contributed by atoms with E-state index >= 15 is 0 Å². The van der Waals surface area contributed by atoms with E-state index in [1.54, 1.807) is 12.2 Å². The summed E-state index contributed by atoms with van der Waals surface area (Å²) >= 11 is 0. The molecule has 4 heteroatoms. The molecule has 1 saturated heterocycles. The van der Waals surface area contributed by atoms with Gasteiger partial charge in [-0.1, -0.05) is 18.2 Å². The summed E-state index contributed by atoms with van der Waals surface area (Å²) < 4.78 is 0. The number of piperidine rings is 1. The SMILES string of the molecule is CC=CC=CC(=O)NC1CCN(C(=O)C2CC2)CC1.